The van der Waals surface area contributed by atoms with E-state index in [9.17, 15) is 14.0 Å². The van der Waals surface area contributed by atoms with Gasteiger partial charge in [0, 0.05) is 16.9 Å². The number of hydrogen-bond acceptors (Lipinski definition) is 4. The Morgan fingerprint density at radius 2 is 1.90 bits per heavy atom. The molecule has 2 amide bonds. The van der Waals surface area contributed by atoms with E-state index in [2.05, 4.69) is 5.32 Å². The second-order valence-electron chi connectivity index (χ2n) is 6.48. The number of primary amides is 1. The number of aryl methyl sites for hydroxylation is 2. The summed E-state index contributed by atoms with van der Waals surface area (Å²) in [6.07, 6.45) is 0.496. The molecule has 0 radical (unpaired) electrons. The minimum Gasteiger partial charge on any atom is -0.494 e. The van der Waals surface area contributed by atoms with Gasteiger partial charge >= 0.3 is 0 Å². The number of halogens is 1. The molecule has 3 N–H and O–H groups in total. The molecule has 5 nitrogen and oxygen atoms in total. The van der Waals surface area contributed by atoms with E-state index in [1.54, 1.807) is 6.07 Å². The second-order valence-corrected chi connectivity index (χ2v) is 7.71. The Hall–Kier alpha value is -3.19. The van der Waals surface area contributed by atoms with Crippen LogP contribution in [0.4, 0.5) is 9.39 Å². The SMILES string of the molecule is COc1ccc(CCC(=O)Nc2sc(C)c(-c3ccccc3)c2C(N)=O)cc1F. The highest BCUT2D eigenvalue weighted by Crippen LogP contribution is 2.39. The highest BCUT2D eigenvalue weighted by atomic mass is 32.1. The fourth-order valence-electron chi connectivity index (χ4n) is 3.13. The Morgan fingerprint density at radius 3 is 2.52 bits per heavy atom. The number of carbonyl (C=O) groups excluding carboxylic acids is 2. The van der Waals surface area contributed by atoms with Crippen molar-refractivity contribution in [3.63, 3.8) is 0 Å². The molecule has 0 aliphatic heterocycles. The van der Waals surface area contributed by atoms with Crippen molar-refractivity contribution >= 4 is 28.2 Å². The van der Waals surface area contributed by atoms with E-state index in [0.717, 1.165) is 16.0 Å². The molecule has 7 heteroatoms. The molecule has 0 aliphatic rings. The third-order valence-corrected chi connectivity index (χ3v) is 5.52. The summed E-state index contributed by atoms with van der Waals surface area (Å²) >= 11 is 1.31. The lowest BCUT2D eigenvalue weighted by Gasteiger charge is -2.08. The normalized spacial score (nSPS) is 10.6. The molecule has 0 spiro atoms. The Kier molecular flexibility index (Phi) is 6.29. The maximum atomic E-state index is 13.8. The van der Waals surface area contributed by atoms with Crippen LogP contribution < -0.4 is 15.8 Å². The lowest BCUT2D eigenvalue weighted by molar-refractivity contribution is -0.116. The third kappa shape index (κ3) is 4.63. The molecule has 0 saturated heterocycles. The molecule has 3 rings (SSSR count). The molecule has 0 bridgehead atoms. The standard InChI is InChI=1S/C22H21FN2O3S/c1-13-19(15-6-4-3-5-7-15)20(21(24)27)22(29-13)25-18(26)11-9-14-8-10-17(28-2)16(23)12-14/h3-8,10,12H,9,11H2,1-2H3,(H2,24,27)(H,25,26). The van der Waals surface area contributed by atoms with Crippen molar-refractivity contribution in [1.29, 1.82) is 0 Å². The predicted molar refractivity (Wildman–Crippen MR) is 113 cm³/mol. The van der Waals surface area contributed by atoms with Gasteiger partial charge in [-0.2, -0.15) is 0 Å². The zero-order valence-electron chi connectivity index (χ0n) is 16.1. The first kappa shape index (κ1) is 20.5. The highest BCUT2D eigenvalue weighted by molar-refractivity contribution is 7.17. The molecule has 0 saturated carbocycles. The van der Waals surface area contributed by atoms with Crippen molar-refractivity contribution in [2.24, 2.45) is 5.73 Å². The number of carbonyl (C=O) groups is 2. The van der Waals surface area contributed by atoms with Gasteiger partial charge in [-0.05, 0) is 36.6 Å². The van der Waals surface area contributed by atoms with E-state index in [-0.39, 0.29) is 18.1 Å². The first-order valence-electron chi connectivity index (χ1n) is 9.01. The van der Waals surface area contributed by atoms with E-state index in [1.807, 2.05) is 37.3 Å². The Balaban J connectivity index is 1.77. The molecule has 1 heterocycles. The van der Waals surface area contributed by atoms with Gasteiger partial charge < -0.3 is 15.8 Å². The van der Waals surface area contributed by atoms with Crippen LogP contribution in [0.1, 0.15) is 27.2 Å². The number of methoxy groups -OCH3 is 1. The molecule has 1 aromatic heterocycles. The number of thiophene rings is 1. The average molecular weight is 412 g/mol. The van der Waals surface area contributed by atoms with E-state index in [0.29, 0.717) is 22.5 Å². The molecule has 0 aliphatic carbocycles. The van der Waals surface area contributed by atoms with Crippen LogP contribution in [0.25, 0.3) is 11.1 Å². The zero-order valence-corrected chi connectivity index (χ0v) is 16.9. The molecule has 2 aromatic carbocycles. The summed E-state index contributed by atoms with van der Waals surface area (Å²) in [6.45, 7) is 1.88. The van der Waals surface area contributed by atoms with Gasteiger partial charge in [0.05, 0.1) is 12.7 Å². The summed E-state index contributed by atoms with van der Waals surface area (Å²) in [6, 6.07) is 14.0. The van der Waals surface area contributed by atoms with Crippen molar-refractivity contribution in [3.8, 4) is 16.9 Å². The molecule has 0 unspecified atom stereocenters. The number of rotatable bonds is 7. The monoisotopic (exact) mass is 412 g/mol. The van der Waals surface area contributed by atoms with Gasteiger partial charge in [-0.3, -0.25) is 9.59 Å². The topological polar surface area (TPSA) is 81.4 Å². The van der Waals surface area contributed by atoms with E-state index < -0.39 is 11.7 Å². The van der Waals surface area contributed by atoms with Gasteiger partial charge in [-0.25, -0.2) is 4.39 Å². The molecule has 0 atom stereocenters. The number of nitrogens with two attached hydrogens (primary N) is 1. The second kappa shape index (κ2) is 8.87. The average Bonchev–Trinajstić information content (AvgIpc) is 3.03. The smallest absolute Gasteiger partial charge is 0.252 e. The van der Waals surface area contributed by atoms with E-state index in [4.69, 9.17) is 10.5 Å². The van der Waals surface area contributed by atoms with Crippen molar-refractivity contribution < 1.29 is 18.7 Å². The van der Waals surface area contributed by atoms with Crippen LogP contribution in [0, 0.1) is 12.7 Å². The summed E-state index contributed by atoms with van der Waals surface area (Å²) in [7, 11) is 1.40. The zero-order chi connectivity index (χ0) is 21.0. The Labute approximate surface area is 172 Å². The number of benzene rings is 2. The van der Waals surface area contributed by atoms with Crippen LogP contribution in [-0.4, -0.2) is 18.9 Å². The van der Waals surface area contributed by atoms with Gasteiger partial charge in [-0.1, -0.05) is 36.4 Å². The van der Waals surface area contributed by atoms with Crippen LogP contribution in [0.15, 0.2) is 48.5 Å². The minimum absolute atomic E-state index is 0.140. The molecule has 29 heavy (non-hydrogen) atoms. The van der Waals surface area contributed by atoms with Crippen LogP contribution >= 0.6 is 11.3 Å². The van der Waals surface area contributed by atoms with Gasteiger partial charge in [0.25, 0.3) is 5.91 Å². The number of nitrogens with one attached hydrogen (secondary N) is 1. The fourth-order valence-corrected chi connectivity index (χ4v) is 4.23. The molecular formula is C22H21FN2O3S. The van der Waals surface area contributed by atoms with Gasteiger partial charge in [-0.15, -0.1) is 11.3 Å². The van der Waals surface area contributed by atoms with Gasteiger partial charge in [0.2, 0.25) is 5.91 Å². The van der Waals surface area contributed by atoms with Crippen LogP contribution in [0.3, 0.4) is 0 Å². The number of amides is 2. The van der Waals surface area contributed by atoms with E-state index >= 15 is 0 Å². The van der Waals surface area contributed by atoms with Crippen LogP contribution in [-0.2, 0) is 11.2 Å². The minimum atomic E-state index is -0.597. The molecular weight excluding hydrogens is 391 g/mol. The van der Waals surface area contributed by atoms with Crippen molar-refractivity contribution in [3.05, 3.63) is 70.4 Å². The van der Waals surface area contributed by atoms with Gasteiger partial charge in [0.1, 0.15) is 5.00 Å². The van der Waals surface area contributed by atoms with Crippen LogP contribution in [0.5, 0.6) is 5.75 Å². The summed E-state index contributed by atoms with van der Waals surface area (Å²) in [5.74, 6) is -1.18. The molecule has 0 fully saturated rings. The summed E-state index contributed by atoms with van der Waals surface area (Å²) < 4.78 is 18.7. The Bertz CT molecular complexity index is 1050. The van der Waals surface area contributed by atoms with Gasteiger partial charge in [0.15, 0.2) is 11.6 Å². The molecule has 150 valence electrons. The first-order chi connectivity index (χ1) is 13.9. The number of anilines is 1. The van der Waals surface area contributed by atoms with Crippen molar-refractivity contribution in [2.75, 3.05) is 12.4 Å². The number of hydrogen-bond donors (Lipinski definition) is 2. The summed E-state index contributed by atoms with van der Waals surface area (Å²) in [5, 5.41) is 3.22. The maximum absolute atomic E-state index is 13.8. The predicted octanol–water partition coefficient (Wildman–Crippen LogP) is 4.54. The summed E-state index contributed by atoms with van der Waals surface area (Å²) in [4.78, 5) is 25.4. The summed E-state index contributed by atoms with van der Waals surface area (Å²) in [5.41, 5.74) is 8.20. The number of ether oxygens (including phenoxy) is 1. The Morgan fingerprint density at radius 1 is 1.17 bits per heavy atom. The lowest BCUT2D eigenvalue weighted by atomic mass is 10.0. The maximum Gasteiger partial charge on any atom is 0.252 e. The molecule has 3 aromatic rings. The quantitative estimate of drug-likeness (QED) is 0.598. The highest BCUT2D eigenvalue weighted by Gasteiger charge is 2.22. The van der Waals surface area contributed by atoms with E-state index in [1.165, 1.54) is 30.6 Å². The third-order valence-electron chi connectivity index (χ3n) is 4.50. The largest absolute Gasteiger partial charge is 0.494 e. The lowest BCUT2D eigenvalue weighted by Crippen LogP contribution is -2.17. The van der Waals surface area contributed by atoms with Crippen molar-refractivity contribution in [2.45, 2.75) is 19.8 Å². The van der Waals surface area contributed by atoms with Crippen molar-refractivity contribution in [1.82, 2.24) is 0 Å². The fraction of sp³-hybridized carbons (Fsp3) is 0.182. The van der Waals surface area contributed by atoms with Crippen LogP contribution in [0.2, 0.25) is 0 Å². The first-order valence-corrected chi connectivity index (χ1v) is 9.83.